The smallest absolute Gasteiger partial charge is 0.332 e. The molecule has 1 amide bonds. The quantitative estimate of drug-likeness (QED) is 0.396. The summed E-state index contributed by atoms with van der Waals surface area (Å²) in [4.78, 5) is 22.3. The molecule has 1 unspecified atom stereocenters. The Morgan fingerprint density at radius 3 is 2.47 bits per heavy atom. The van der Waals surface area contributed by atoms with Crippen LogP contribution in [0.15, 0.2) is 0 Å². The van der Waals surface area contributed by atoms with Crippen molar-refractivity contribution in [2.75, 3.05) is 13.2 Å². The Morgan fingerprint density at radius 1 is 1.53 bits per heavy atom. The van der Waals surface area contributed by atoms with E-state index in [-0.39, 0.29) is 13.2 Å². The van der Waals surface area contributed by atoms with E-state index < -0.39 is 23.5 Å². The second-order valence-corrected chi connectivity index (χ2v) is 3.76. The molecule has 4 N–H and O–H groups in total. The fourth-order valence-corrected chi connectivity index (χ4v) is 0.752. The lowest BCUT2D eigenvalue weighted by molar-refractivity contribution is -0.148. The standard InChI is InChI=1S/C9H18N2O4/c1-4-15-8(13)6(10)7(12)11-5-9(2,3)14/h6,14H,4-5,10H2,1-3H3,(H,11,12). The monoisotopic (exact) mass is 218 g/mol. The van der Waals surface area contributed by atoms with Crippen LogP contribution in [0.25, 0.3) is 0 Å². The molecule has 0 aromatic rings. The second-order valence-electron chi connectivity index (χ2n) is 3.76. The highest BCUT2D eigenvalue weighted by Gasteiger charge is 2.24. The maximum Gasteiger partial charge on any atom is 0.332 e. The third-order valence-corrected chi connectivity index (χ3v) is 1.52. The van der Waals surface area contributed by atoms with Crippen molar-refractivity contribution in [2.45, 2.75) is 32.4 Å². The minimum absolute atomic E-state index is 0.0267. The molecular formula is C9H18N2O4. The van der Waals surface area contributed by atoms with E-state index in [1.54, 1.807) is 6.92 Å². The highest BCUT2D eigenvalue weighted by atomic mass is 16.5. The summed E-state index contributed by atoms with van der Waals surface area (Å²) >= 11 is 0. The van der Waals surface area contributed by atoms with E-state index in [0.29, 0.717) is 0 Å². The van der Waals surface area contributed by atoms with Crippen LogP contribution in [-0.2, 0) is 14.3 Å². The summed E-state index contributed by atoms with van der Waals surface area (Å²) in [5.41, 5.74) is 4.27. The lowest BCUT2D eigenvalue weighted by Gasteiger charge is -2.19. The van der Waals surface area contributed by atoms with Crippen LogP contribution in [0.4, 0.5) is 0 Å². The Balaban J connectivity index is 4.05. The van der Waals surface area contributed by atoms with E-state index in [1.807, 2.05) is 0 Å². The summed E-state index contributed by atoms with van der Waals surface area (Å²) in [7, 11) is 0. The van der Waals surface area contributed by atoms with Crippen molar-refractivity contribution in [3.8, 4) is 0 Å². The summed E-state index contributed by atoms with van der Waals surface area (Å²) in [6.07, 6.45) is 0. The van der Waals surface area contributed by atoms with Gasteiger partial charge >= 0.3 is 5.97 Å². The third-order valence-electron chi connectivity index (χ3n) is 1.52. The van der Waals surface area contributed by atoms with Crippen LogP contribution in [0.1, 0.15) is 20.8 Å². The van der Waals surface area contributed by atoms with Gasteiger partial charge in [-0.3, -0.25) is 4.79 Å². The van der Waals surface area contributed by atoms with E-state index in [0.717, 1.165) is 0 Å². The largest absolute Gasteiger partial charge is 0.464 e. The molecular weight excluding hydrogens is 200 g/mol. The van der Waals surface area contributed by atoms with Gasteiger partial charge in [-0.15, -0.1) is 0 Å². The van der Waals surface area contributed by atoms with Gasteiger partial charge in [-0.1, -0.05) is 0 Å². The van der Waals surface area contributed by atoms with Gasteiger partial charge in [0, 0.05) is 6.54 Å². The lowest BCUT2D eigenvalue weighted by Crippen LogP contribution is -2.50. The van der Waals surface area contributed by atoms with Crippen LogP contribution < -0.4 is 11.1 Å². The Kier molecular flexibility index (Phi) is 5.24. The molecule has 0 heterocycles. The highest BCUT2D eigenvalue weighted by Crippen LogP contribution is 1.97. The van der Waals surface area contributed by atoms with Crippen molar-refractivity contribution < 1.29 is 19.4 Å². The van der Waals surface area contributed by atoms with Crippen LogP contribution in [0.5, 0.6) is 0 Å². The summed E-state index contributed by atoms with van der Waals surface area (Å²) in [5, 5.41) is 11.7. The van der Waals surface area contributed by atoms with E-state index in [4.69, 9.17) is 5.73 Å². The number of carbonyl (C=O) groups is 2. The fraction of sp³-hybridized carbons (Fsp3) is 0.778. The number of esters is 1. The molecule has 6 heteroatoms. The SMILES string of the molecule is CCOC(=O)C(N)C(=O)NCC(C)(C)O. The summed E-state index contributed by atoms with van der Waals surface area (Å²) in [6.45, 7) is 4.88. The first-order chi connectivity index (χ1) is 6.78. The van der Waals surface area contributed by atoms with Gasteiger partial charge < -0.3 is 20.9 Å². The number of nitrogens with one attached hydrogen (secondary N) is 1. The molecule has 0 rings (SSSR count). The van der Waals surface area contributed by atoms with Gasteiger partial charge in [0.1, 0.15) is 0 Å². The molecule has 0 aromatic heterocycles. The van der Waals surface area contributed by atoms with Gasteiger partial charge in [-0.2, -0.15) is 0 Å². The highest BCUT2D eigenvalue weighted by molar-refractivity contribution is 6.01. The van der Waals surface area contributed by atoms with Crippen LogP contribution >= 0.6 is 0 Å². The Labute approximate surface area is 88.8 Å². The number of hydrogen-bond donors (Lipinski definition) is 3. The molecule has 0 aliphatic heterocycles. The van der Waals surface area contributed by atoms with Crippen LogP contribution in [-0.4, -0.2) is 41.8 Å². The average Bonchev–Trinajstić information content (AvgIpc) is 2.12. The maximum absolute atomic E-state index is 11.3. The Bertz CT molecular complexity index is 235. The predicted molar refractivity (Wildman–Crippen MR) is 53.9 cm³/mol. The second kappa shape index (κ2) is 5.67. The number of amides is 1. The minimum Gasteiger partial charge on any atom is -0.464 e. The molecule has 0 spiro atoms. The van der Waals surface area contributed by atoms with Gasteiger partial charge in [0.25, 0.3) is 0 Å². The zero-order chi connectivity index (χ0) is 12.1. The topological polar surface area (TPSA) is 102 Å². The molecule has 0 saturated heterocycles. The number of nitrogens with two attached hydrogens (primary N) is 1. The van der Waals surface area contributed by atoms with Crippen molar-refractivity contribution in [2.24, 2.45) is 5.73 Å². The molecule has 0 aliphatic rings. The van der Waals surface area contributed by atoms with Crippen LogP contribution in [0.3, 0.4) is 0 Å². The minimum atomic E-state index is -1.34. The normalized spacial score (nSPS) is 13.1. The molecule has 0 aliphatic carbocycles. The lowest BCUT2D eigenvalue weighted by atomic mass is 10.1. The zero-order valence-electron chi connectivity index (χ0n) is 9.24. The van der Waals surface area contributed by atoms with E-state index in [1.165, 1.54) is 13.8 Å². The zero-order valence-corrected chi connectivity index (χ0v) is 9.24. The molecule has 1 atom stereocenters. The summed E-state index contributed by atoms with van der Waals surface area (Å²) < 4.78 is 4.57. The van der Waals surface area contributed by atoms with Crippen LogP contribution in [0, 0.1) is 0 Å². The van der Waals surface area contributed by atoms with Gasteiger partial charge in [-0.25, -0.2) is 4.79 Å². The maximum atomic E-state index is 11.3. The average molecular weight is 218 g/mol. The molecule has 0 bridgehead atoms. The molecule has 15 heavy (non-hydrogen) atoms. The van der Waals surface area contributed by atoms with E-state index in [2.05, 4.69) is 10.1 Å². The van der Waals surface area contributed by atoms with Crippen molar-refractivity contribution in [1.82, 2.24) is 5.32 Å². The molecule has 6 nitrogen and oxygen atoms in total. The van der Waals surface area contributed by atoms with Crippen molar-refractivity contribution in [3.05, 3.63) is 0 Å². The Morgan fingerprint density at radius 2 is 2.07 bits per heavy atom. The third kappa shape index (κ3) is 6.03. The van der Waals surface area contributed by atoms with Crippen molar-refractivity contribution >= 4 is 11.9 Å². The summed E-state index contributed by atoms with van der Waals surface area (Å²) in [5.74, 6) is -1.43. The van der Waals surface area contributed by atoms with Crippen molar-refractivity contribution in [1.29, 1.82) is 0 Å². The molecule has 0 radical (unpaired) electrons. The first-order valence-electron chi connectivity index (χ1n) is 4.70. The number of carbonyl (C=O) groups excluding carboxylic acids is 2. The predicted octanol–water partition coefficient (Wildman–Crippen LogP) is -1.24. The van der Waals surface area contributed by atoms with Gasteiger partial charge in [0.2, 0.25) is 5.91 Å². The fourth-order valence-electron chi connectivity index (χ4n) is 0.752. The van der Waals surface area contributed by atoms with Crippen molar-refractivity contribution in [3.63, 3.8) is 0 Å². The molecule has 0 saturated carbocycles. The first-order valence-corrected chi connectivity index (χ1v) is 4.70. The molecule has 88 valence electrons. The number of ether oxygens (including phenoxy) is 1. The van der Waals surface area contributed by atoms with Crippen LogP contribution in [0.2, 0.25) is 0 Å². The number of aliphatic hydroxyl groups is 1. The van der Waals surface area contributed by atoms with Gasteiger partial charge in [0.05, 0.1) is 12.2 Å². The number of rotatable bonds is 5. The molecule has 0 aromatic carbocycles. The van der Waals surface area contributed by atoms with Gasteiger partial charge in [0.15, 0.2) is 6.04 Å². The van der Waals surface area contributed by atoms with E-state index >= 15 is 0 Å². The Hall–Kier alpha value is -1.14. The first kappa shape index (κ1) is 13.9. The number of hydrogen-bond acceptors (Lipinski definition) is 5. The molecule has 0 fully saturated rings. The van der Waals surface area contributed by atoms with Gasteiger partial charge in [-0.05, 0) is 20.8 Å². The van der Waals surface area contributed by atoms with E-state index in [9.17, 15) is 14.7 Å². The summed E-state index contributed by atoms with van der Waals surface area (Å²) in [6, 6.07) is -1.34.